The summed E-state index contributed by atoms with van der Waals surface area (Å²) in [6.45, 7) is -3.65. The van der Waals surface area contributed by atoms with Crippen LogP contribution in [-0.4, -0.2) is 51.4 Å². The lowest BCUT2D eigenvalue weighted by Gasteiger charge is -2.27. The Hall–Kier alpha value is -3.61. The van der Waals surface area contributed by atoms with Crippen molar-refractivity contribution in [3.63, 3.8) is 0 Å². The Balaban J connectivity index is 1.64. The Morgan fingerprint density at radius 2 is 2.08 bits per heavy atom. The quantitative estimate of drug-likeness (QED) is 0.255. The lowest BCUT2D eigenvalue weighted by atomic mass is 9.86. The number of aliphatic hydroxyl groups excluding tert-OH is 1. The fraction of sp³-hybridized carbons (Fsp3) is 0.440. The second kappa shape index (κ2) is 11.0. The van der Waals surface area contributed by atoms with Gasteiger partial charge in [0.2, 0.25) is 6.04 Å². The monoisotopic (exact) mass is 540 g/mol. The maximum atomic E-state index is 13.9. The Labute approximate surface area is 215 Å². The van der Waals surface area contributed by atoms with Crippen molar-refractivity contribution in [3.8, 4) is 5.75 Å². The van der Waals surface area contributed by atoms with Gasteiger partial charge in [-0.3, -0.25) is 0 Å². The number of nitrogens with two attached hydrogens (primary N) is 1. The molecule has 4 N–H and O–H groups in total. The van der Waals surface area contributed by atoms with Gasteiger partial charge in [-0.2, -0.15) is 8.78 Å². The van der Waals surface area contributed by atoms with Crippen LogP contribution in [0.5, 0.6) is 5.75 Å². The van der Waals surface area contributed by atoms with Crippen LogP contribution in [0, 0.1) is 10.7 Å². The summed E-state index contributed by atoms with van der Waals surface area (Å²) in [6, 6.07) is 7.56. The van der Waals surface area contributed by atoms with Gasteiger partial charge < -0.3 is 15.6 Å². The Morgan fingerprint density at radius 3 is 2.71 bits per heavy atom. The van der Waals surface area contributed by atoms with Crippen molar-refractivity contribution in [2.24, 2.45) is 10.7 Å². The molecule has 2 fully saturated rings. The maximum absolute atomic E-state index is 13.9. The molecule has 0 aliphatic heterocycles. The molecule has 13 heteroatoms. The molecule has 2 aromatic rings. The minimum atomic E-state index is -3.02. The number of nitrogens with one attached hydrogen (secondary N) is 1. The maximum Gasteiger partial charge on any atom is 0.387 e. The van der Waals surface area contributed by atoms with Crippen LogP contribution in [-0.2, 0) is 0 Å². The van der Waals surface area contributed by atoms with E-state index in [4.69, 9.17) is 5.73 Å². The van der Waals surface area contributed by atoms with E-state index >= 15 is 0 Å². The highest BCUT2D eigenvalue weighted by molar-refractivity contribution is 6.07. The predicted octanol–water partition coefficient (Wildman–Crippen LogP) is 4.65. The number of hydrogen-bond acceptors (Lipinski definition) is 6. The molecule has 0 unspecified atom stereocenters. The number of alkyl halides is 4. The smallest absolute Gasteiger partial charge is 0.387 e. The number of pyridine rings is 1. The molecule has 1 aromatic carbocycles. The number of hydrazine groups is 1. The molecule has 0 bridgehead atoms. The number of aromatic nitrogens is 1. The average Bonchev–Trinajstić information content (AvgIpc) is 3.19. The number of allylic oxidation sites excluding steroid dienone is 1. The molecule has 38 heavy (non-hydrogen) atoms. The summed E-state index contributed by atoms with van der Waals surface area (Å²) in [4.78, 5) is 21.9. The van der Waals surface area contributed by atoms with Crippen LogP contribution in [0.2, 0.25) is 0 Å². The van der Waals surface area contributed by atoms with E-state index in [0.29, 0.717) is 21.7 Å². The Bertz CT molecular complexity index is 1240. The molecule has 2 aliphatic carbocycles. The zero-order valence-corrected chi connectivity index (χ0v) is 20.2. The molecule has 8 nitrogen and oxygen atoms in total. The Morgan fingerprint density at radius 1 is 1.29 bits per heavy atom. The van der Waals surface area contributed by atoms with Crippen LogP contribution in [0.1, 0.15) is 44.1 Å². The van der Waals surface area contributed by atoms with Crippen LogP contribution < -0.4 is 15.9 Å². The molecule has 4 rings (SSSR count). The molecular weight excluding hydrogens is 513 g/mol. The average molecular weight is 541 g/mol. The van der Waals surface area contributed by atoms with E-state index in [-0.39, 0.29) is 42.9 Å². The number of nitrogens with zero attached hydrogens (tertiary/aromatic N) is 3. The fourth-order valence-electron chi connectivity index (χ4n) is 4.78. The third-order valence-corrected chi connectivity index (χ3v) is 6.71. The second-order valence-corrected chi connectivity index (χ2v) is 9.50. The summed E-state index contributed by atoms with van der Waals surface area (Å²) < 4.78 is 70.9. The van der Waals surface area contributed by atoms with Gasteiger partial charge >= 0.3 is 6.61 Å². The van der Waals surface area contributed by atoms with Gasteiger partial charge in [0.1, 0.15) is 22.0 Å². The summed E-state index contributed by atoms with van der Waals surface area (Å²) in [6.07, 6.45) is 0.308. The molecule has 1 aromatic heterocycles. The van der Waals surface area contributed by atoms with Gasteiger partial charge in [-0.15, -0.1) is 5.43 Å². The van der Waals surface area contributed by atoms with Crippen molar-refractivity contribution in [2.75, 3.05) is 6.61 Å². The van der Waals surface area contributed by atoms with E-state index in [9.17, 15) is 32.0 Å². The lowest BCUT2D eigenvalue weighted by molar-refractivity contribution is -0.653. The topological polar surface area (TPSA) is 113 Å². The van der Waals surface area contributed by atoms with E-state index in [1.54, 1.807) is 6.07 Å². The fourth-order valence-corrected chi connectivity index (χ4v) is 4.78. The van der Waals surface area contributed by atoms with Crippen molar-refractivity contribution >= 4 is 17.2 Å². The molecule has 2 atom stereocenters. The van der Waals surface area contributed by atoms with Crippen LogP contribution in [0.25, 0.3) is 5.70 Å². The van der Waals surface area contributed by atoms with E-state index in [2.05, 4.69) is 20.1 Å². The number of rotatable bonds is 8. The molecule has 0 spiro atoms. The molecule has 0 amide bonds. The predicted molar refractivity (Wildman–Crippen MR) is 128 cm³/mol. The van der Waals surface area contributed by atoms with Gasteiger partial charge in [-0.05, 0) is 42.7 Å². The largest absolute Gasteiger partial charge is 0.435 e. The number of nitroso groups, excluding NO2 is 1. The van der Waals surface area contributed by atoms with Crippen LogP contribution in [0.3, 0.4) is 0 Å². The van der Waals surface area contributed by atoms with Crippen LogP contribution in [0.15, 0.2) is 53.2 Å². The standard InChI is InChI=1S/C25H27F5N5O3/c26-16-4-7-21(32-12-16)33-20-11-17(35(37)34-24(14-36)8-9-25(29,30)13-24)5-6-19(20)22(31)15-2-1-3-18(10-15)38-23(27)28/h1-4,7,10,12,17,23,36H,5-6,8-9,11,13-14,31H2,(H,34,37)/q+1/b22-19-,33-20?/t17-,24+/m1/s1. The van der Waals surface area contributed by atoms with Gasteiger partial charge in [0.15, 0.2) is 5.82 Å². The Kier molecular flexibility index (Phi) is 7.95. The SMILES string of the molecule is N/C(=C1/CC[C@@H]([N+](=O)N[C@@]2(CO)CCC(F)(F)C2)CC1=Nc1ccc(F)cn1)c1cccc(OC(F)F)c1. The first-order valence-electron chi connectivity index (χ1n) is 12.0. The van der Waals surface area contributed by atoms with E-state index in [0.717, 1.165) is 12.3 Å². The zero-order chi connectivity index (χ0) is 27.5. The van der Waals surface area contributed by atoms with Gasteiger partial charge in [0.05, 0.1) is 29.8 Å². The van der Waals surface area contributed by atoms with Crippen molar-refractivity contribution in [1.29, 1.82) is 0 Å². The number of aliphatic hydroxyl groups is 1. The van der Waals surface area contributed by atoms with Gasteiger partial charge in [-0.1, -0.05) is 12.1 Å². The van der Waals surface area contributed by atoms with E-state index in [1.807, 2.05) is 0 Å². The van der Waals surface area contributed by atoms with E-state index < -0.39 is 49.4 Å². The third kappa shape index (κ3) is 6.44. The van der Waals surface area contributed by atoms with Crippen molar-refractivity contribution in [3.05, 3.63) is 64.5 Å². The number of benzene rings is 1. The van der Waals surface area contributed by atoms with Crippen LogP contribution in [0.4, 0.5) is 27.8 Å². The van der Waals surface area contributed by atoms with Crippen molar-refractivity contribution in [1.82, 2.24) is 10.4 Å². The molecular formula is C25H27F5N5O3+. The zero-order valence-electron chi connectivity index (χ0n) is 20.2. The molecule has 0 radical (unpaired) electrons. The minimum absolute atomic E-state index is 0.0245. The first-order chi connectivity index (χ1) is 18.0. The normalized spacial score (nSPS) is 25.4. The highest BCUT2D eigenvalue weighted by Gasteiger charge is 2.53. The molecule has 1 heterocycles. The highest BCUT2D eigenvalue weighted by atomic mass is 19.3. The third-order valence-electron chi connectivity index (χ3n) is 6.71. The number of hydrogen-bond donors (Lipinski definition) is 3. The first-order valence-corrected chi connectivity index (χ1v) is 12.0. The molecule has 0 saturated heterocycles. The first kappa shape index (κ1) is 27.4. The van der Waals surface area contributed by atoms with Crippen molar-refractivity contribution < 1.29 is 36.7 Å². The molecule has 204 valence electrons. The number of ether oxygens (including phenoxy) is 1. The summed E-state index contributed by atoms with van der Waals surface area (Å²) in [5.74, 6) is -3.50. The number of halogens is 5. The molecule has 2 saturated carbocycles. The van der Waals surface area contributed by atoms with Gasteiger partial charge in [0, 0.05) is 30.5 Å². The summed E-state index contributed by atoms with van der Waals surface area (Å²) in [7, 11) is 0. The number of aliphatic imine (C=N–C) groups is 1. The summed E-state index contributed by atoms with van der Waals surface area (Å²) in [5.41, 5.74) is 9.00. The lowest BCUT2D eigenvalue weighted by Crippen LogP contribution is -2.54. The van der Waals surface area contributed by atoms with Crippen LogP contribution >= 0.6 is 0 Å². The summed E-state index contributed by atoms with van der Waals surface area (Å²) in [5, 5.41) is 9.78. The van der Waals surface area contributed by atoms with Gasteiger partial charge in [0.25, 0.3) is 5.92 Å². The summed E-state index contributed by atoms with van der Waals surface area (Å²) >= 11 is 0. The van der Waals surface area contributed by atoms with E-state index in [1.165, 1.54) is 24.3 Å². The second-order valence-electron chi connectivity index (χ2n) is 9.50. The van der Waals surface area contributed by atoms with Crippen molar-refractivity contribution in [2.45, 2.75) is 62.6 Å². The minimum Gasteiger partial charge on any atom is -0.435 e. The van der Waals surface area contributed by atoms with Gasteiger partial charge in [-0.25, -0.2) is 23.1 Å². The molecule has 2 aliphatic rings. The highest BCUT2D eigenvalue weighted by Crippen LogP contribution is 2.41.